The lowest BCUT2D eigenvalue weighted by Gasteiger charge is -2.04. The molecule has 21 heavy (non-hydrogen) atoms. The van der Waals surface area contributed by atoms with Gasteiger partial charge < -0.3 is 14.9 Å². The monoisotopic (exact) mass is 301 g/mol. The first-order valence-corrected chi connectivity index (χ1v) is 6.87. The van der Waals surface area contributed by atoms with E-state index in [-0.39, 0.29) is 5.69 Å². The summed E-state index contributed by atoms with van der Waals surface area (Å²) < 4.78 is 10.2. The second kappa shape index (κ2) is 5.45. The van der Waals surface area contributed by atoms with E-state index in [2.05, 4.69) is 14.7 Å². The summed E-state index contributed by atoms with van der Waals surface area (Å²) >= 11 is 1.16. The third-order valence-electron chi connectivity index (χ3n) is 2.74. The second-order valence-corrected chi connectivity index (χ2v) is 5.07. The minimum absolute atomic E-state index is 0.185. The normalized spacial score (nSPS) is 10.7. The second-order valence-electron chi connectivity index (χ2n) is 4.13. The Bertz CT molecular complexity index is 783. The molecular formula is C14H11N3O3S. The SMILES string of the molecule is COC(=O)c1ccc(N)c(Sc2nc3ccccc3o2)n1. The summed E-state index contributed by atoms with van der Waals surface area (Å²) in [5, 5.41) is 0.863. The van der Waals surface area contributed by atoms with Crippen LogP contribution in [0.2, 0.25) is 0 Å². The van der Waals surface area contributed by atoms with Crippen LogP contribution < -0.4 is 5.73 Å². The Labute approximate surface area is 124 Å². The number of hydrogen-bond acceptors (Lipinski definition) is 7. The molecule has 7 heteroatoms. The number of esters is 1. The maximum atomic E-state index is 11.5. The van der Waals surface area contributed by atoms with E-state index >= 15 is 0 Å². The zero-order valence-corrected chi connectivity index (χ0v) is 11.9. The number of nitrogen functional groups attached to an aromatic ring is 1. The van der Waals surface area contributed by atoms with E-state index in [4.69, 9.17) is 10.2 Å². The van der Waals surface area contributed by atoms with Crippen molar-refractivity contribution in [3.8, 4) is 0 Å². The van der Waals surface area contributed by atoms with Crippen LogP contribution in [-0.4, -0.2) is 23.0 Å². The van der Waals surface area contributed by atoms with Crippen LogP contribution in [0.25, 0.3) is 11.1 Å². The molecule has 6 nitrogen and oxygen atoms in total. The molecule has 0 aliphatic rings. The van der Waals surface area contributed by atoms with Crippen LogP contribution in [0.15, 0.2) is 51.1 Å². The average Bonchev–Trinajstić information content (AvgIpc) is 2.91. The third-order valence-corrected chi connectivity index (χ3v) is 3.61. The summed E-state index contributed by atoms with van der Waals surface area (Å²) in [5.41, 5.74) is 7.93. The number of fused-ring (bicyclic) bond motifs is 1. The number of oxazole rings is 1. The summed E-state index contributed by atoms with van der Waals surface area (Å²) in [7, 11) is 1.30. The van der Waals surface area contributed by atoms with Gasteiger partial charge in [0.15, 0.2) is 5.58 Å². The molecule has 0 radical (unpaired) electrons. The molecule has 0 bridgehead atoms. The number of pyridine rings is 1. The van der Waals surface area contributed by atoms with E-state index in [1.165, 1.54) is 13.2 Å². The zero-order valence-electron chi connectivity index (χ0n) is 11.1. The topological polar surface area (TPSA) is 91.2 Å². The number of para-hydroxylation sites is 2. The Morgan fingerprint density at radius 1 is 1.24 bits per heavy atom. The van der Waals surface area contributed by atoms with Gasteiger partial charge >= 0.3 is 5.97 Å². The van der Waals surface area contributed by atoms with Crippen molar-refractivity contribution in [1.29, 1.82) is 0 Å². The molecule has 3 rings (SSSR count). The smallest absolute Gasteiger partial charge is 0.356 e. The Morgan fingerprint density at radius 3 is 2.81 bits per heavy atom. The zero-order chi connectivity index (χ0) is 14.8. The molecule has 0 unspecified atom stereocenters. The minimum atomic E-state index is -0.519. The van der Waals surface area contributed by atoms with Gasteiger partial charge in [-0.2, -0.15) is 0 Å². The molecule has 0 spiro atoms. The third kappa shape index (κ3) is 2.68. The maximum absolute atomic E-state index is 11.5. The Kier molecular flexibility index (Phi) is 3.49. The predicted molar refractivity (Wildman–Crippen MR) is 78.1 cm³/mol. The van der Waals surface area contributed by atoms with E-state index in [0.717, 1.165) is 17.3 Å². The van der Waals surface area contributed by atoms with Gasteiger partial charge in [0.25, 0.3) is 5.22 Å². The van der Waals surface area contributed by atoms with Crippen molar-refractivity contribution < 1.29 is 13.9 Å². The number of anilines is 1. The van der Waals surface area contributed by atoms with Gasteiger partial charge in [0.2, 0.25) is 0 Å². The van der Waals surface area contributed by atoms with E-state index in [1.807, 2.05) is 24.3 Å². The molecular weight excluding hydrogens is 290 g/mol. The first-order chi connectivity index (χ1) is 10.2. The highest BCUT2D eigenvalue weighted by Crippen LogP contribution is 2.32. The summed E-state index contributed by atoms with van der Waals surface area (Å²) in [4.78, 5) is 20.0. The fourth-order valence-corrected chi connectivity index (χ4v) is 2.50. The van der Waals surface area contributed by atoms with Crippen LogP contribution >= 0.6 is 11.8 Å². The Hall–Kier alpha value is -2.54. The van der Waals surface area contributed by atoms with Gasteiger partial charge in [-0.15, -0.1) is 0 Å². The first-order valence-electron chi connectivity index (χ1n) is 6.05. The fourth-order valence-electron chi connectivity index (χ4n) is 1.73. The van der Waals surface area contributed by atoms with Gasteiger partial charge in [0.05, 0.1) is 12.8 Å². The lowest BCUT2D eigenvalue weighted by molar-refractivity contribution is 0.0593. The molecule has 0 saturated heterocycles. The summed E-state index contributed by atoms with van der Waals surface area (Å²) in [5.74, 6) is -0.519. The van der Waals surface area contributed by atoms with Crippen molar-refractivity contribution in [1.82, 2.24) is 9.97 Å². The van der Waals surface area contributed by atoms with Crippen LogP contribution in [0.4, 0.5) is 5.69 Å². The highest BCUT2D eigenvalue weighted by molar-refractivity contribution is 7.99. The molecule has 0 fully saturated rings. The van der Waals surface area contributed by atoms with Gasteiger partial charge in [-0.1, -0.05) is 12.1 Å². The van der Waals surface area contributed by atoms with Crippen LogP contribution in [0, 0.1) is 0 Å². The summed E-state index contributed by atoms with van der Waals surface area (Å²) in [6, 6.07) is 10.5. The van der Waals surface area contributed by atoms with Gasteiger partial charge in [0.1, 0.15) is 16.2 Å². The van der Waals surface area contributed by atoms with Crippen molar-refractivity contribution in [2.45, 2.75) is 10.2 Å². The van der Waals surface area contributed by atoms with Crippen molar-refractivity contribution in [3.05, 3.63) is 42.1 Å². The van der Waals surface area contributed by atoms with E-state index in [9.17, 15) is 4.79 Å². The van der Waals surface area contributed by atoms with Crippen LogP contribution in [-0.2, 0) is 4.74 Å². The van der Waals surface area contributed by atoms with Crippen LogP contribution in [0.5, 0.6) is 0 Å². The number of carbonyl (C=O) groups is 1. The van der Waals surface area contributed by atoms with Crippen molar-refractivity contribution in [2.75, 3.05) is 12.8 Å². The van der Waals surface area contributed by atoms with Crippen molar-refractivity contribution in [2.24, 2.45) is 0 Å². The maximum Gasteiger partial charge on any atom is 0.356 e. The number of hydrogen-bond donors (Lipinski definition) is 1. The van der Waals surface area contributed by atoms with Gasteiger partial charge in [-0.25, -0.2) is 14.8 Å². The molecule has 0 atom stereocenters. The highest BCUT2D eigenvalue weighted by atomic mass is 32.2. The van der Waals surface area contributed by atoms with Gasteiger partial charge in [0, 0.05) is 0 Å². The Morgan fingerprint density at radius 2 is 2.05 bits per heavy atom. The molecule has 2 heterocycles. The van der Waals surface area contributed by atoms with E-state index in [1.54, 1.807) is 6.07 Å². The van der Waals surface area contributed by atoms with Crippen LogP contribution in [0.1, 0.15) is 10.5 Å². The number of nitrogens with two attached hydrogens (primary N) is 1. The standard InChI is InChI=1S/C14H11N3O3S/c1-19-13(18)10-7-6-8(15)12(16-10)21-14-17-9-4-2-3-5-11(9)20-14/h2-7H,15H2,1H3. The number of ether oxygens (including phenoxy) is 1. The van der Waals surface area contributed by atoms with Gasteiger partial charge in [-0.05, 0) is 36.0 Å². The van der Waals surface area contributed by atoms with E-state index in [0.29, 0.717) is 21.5 Å². The predicted octanol–water partition coefficient (Wildman–Crippen LogP) is 2.74. The van der Waals surface area contributed by atoms with Gasteiger partial charge in [-0.3, -0.25) is 0 Å². The summed E-state index contributed by atoms with van der Waals surface area (Å²) in [6.45, 7) is 0. The van der Waals surface area contributed by atoms with Crippen molar-refractivity contribution >= 4 is 34.5 Å². The number of methoxy groups -OCH3 is 1. The largest absolute Gasteiger partial charge is 0.464 e. The number of benzene rings is 1. The molecule has 2 aromatic heterocycles. The highest BCUT2D eigenvalue weighted by Gasteiger charge is 2.14. The number of carbonyl (C=O) groups excluding carboxylic acids is 1. The summed E-state index contributed by atoms with van der Waals surface area (Å²) in [6.07, 6.45) is 0. The molecule has 0 saturated carbocycles. The fraction of sp³-hybridized carbons (Fsp3) is 0.0714. The molecule has 0 amide bonds. The minimum Gasteiger partial charge on any atom is -0.464 e. The molecule has 0 aliphatic heterocycles. The van der Waals surface area contributed by atoms with Crippen molar-refractivity contribution in [3.63, 3.8) is 0 Å². The molecule has 0 aliphatic carbocycles. The first kappa shape index (κ1) is 13.4. The molecule has 1 aromatic carbocycles. The van der Waals surface area contributed by atoms with E-state index < -0.39 is 5.97 Å². The number of aromatic nitrogens is 2. The van der Waals surface area contributed by atoms with Crippen LogP contribution in [0.3, 0.4) is 0 Å². The quantitative estimate of drug-likeness (QED) is 0.744. The Balaban J connectivity index is 1.94. The average molecular weight is 301 g/mol. The molecule has 106 valence electrons. The lowest BCUT2D eigenvalue weighted by atomic mass is 10.3. The lowest BCUT2D eigenvalue weighted by Crippen LogP contribution is -2.05. The number of nitrogens with zero attached hydrogens (tertiary/aromatic N) is 2. The number of rotatable bonds is 3. The molecule has 2 N–H and O–H groups in total. The molecule has 3 aromatic rings.